The number of aromatic nitrogens is 2. The second-order valence-corrected chi connectivity index (χ2v) is 8.39. The molecule has 0 aliphatic carbocycles. The first-order valence-electron chi connectivity index (χ1n) is 8.84. The number of rotatable bonds is 6. The number of hydrogen-bond acceptors (Lipinski definition) is 5. The fourth-order valence-corrected chi connectivity index (χ4v) is 3.68. The van der Waals surface area contributed by atoms with Gasteiger partial charge in [0, 0.05) is 30.6 Å². The van der Waals surface area contributed by atoms with Crippen LogP contribution >= 0.6 is 27.3 Å². The van der Waals surface area contributed by atoms with Crippen LogP contribution in [0.3, 0.4) is 0 Å². The van der Waals surface area contributed by atoms with Crippen LogP contribution in [0.2, 0.25) is 0 Å². The zero-order chi connectivity index (χ0) is 20.8. The number of carbonyl (C=O) groups excluding carboxylic acids is 2. The van der Waals surface area contributed by atoms with E-state index >= 15 is 0 Å². The molecule has 0 aliphatic heterocycles. The molecule has 0 aliphatic rings. The van der Waals surface area contributed by atoms with Gasteiger partial charge < -0.3 is 10.2 Å². The van der Waals surface area contributed by atoms with Gasteiger partial charge in [-0.25, -0.2) is 4.79 Å². The van der Waals surface area contributed by atoms with Gasteiger partial charge in [0.2, 0.25) is 11.0 Å². The Bertz CT molecular complexity index is 993. The summed E-state index contributed by atoms with van der Waals surface area (Å²) in [6, 6.07) is 16.1. The maximum Gasteiger partial charge on any atom is 0.317 e. The molecule has 0 saturated heterocycles. The van der Waals surface area contributed by atoms with Crippen molar-refractivity contribution < 1.29 is 9.59 Å². The van der Waals surface area contributed by atoms with Gasteiger partial charge in [-0.2, -0.15) is 0 Å². The molecule has 1 unspecified atom stereocenters. The summed E-state index contributed by atoms with van der Waals surface area (Å²) in [4.78, 5) is 26.4. The number of hydrogen-bond donors (Lipinski definition) is 2. The molecule has 150 valence electrons. The summed E-state index contributed by atoms with van der Waals surface area (Å²) >= 11 is 4.71. The molecule has 3 rings (SSSR count). The van der Waals surface area contributed by atoms with Crippen LogP contribution in [0.15, 0.2) is 59.1 Å². The summed E-state index contributed by atoms with van der Waals surface area (Å²) in [5.74, 6) is -0.346. The molecule has 1 atom stereocenters. The van der Waals surface area contributed by atoms with Crippen LogP contribution in [0.4, 0.5) is 9.93 Å². The first kappa shape index (κ1) is 20.9. The topological polar surface area (TPSA) is 87.2 Å². The summed E-state index contributed by atoms with van der Waals surface area (Å²) < 4.78 is 0.935. The van der Waals surface area contributed by atoms with Crippen LogP contribution in [-0.4, -0.2) is 47.2 Å². The first-order valence-corrected chi connectivity index (χ1v) is 10.5. The number of urea groups is 1. The van der Waals surface area contributed by atoms with E-state index < -0.39 is 6.04 Å². The van der Waals surface area contributed by atoms with Crippen molar-refractivity contribution in [3.63, 3.8) is 0 Å². The maximum absolute atomic E-state index is 12.9. The zero-order valence-electron chi connectivity index (χ0n) is 15.9. The largest absolute Gasteiger partial charge is 0.331 e. The molecule has 29 heavy (non-hydrogen) atoms. The molecule has 0 saturated carbocycles. The normalized spacial score (nSPS) is 11.6. The molecular formula is C20H20BrN5O2S. The highest BCUT2D eigenvalue weighted by Crippen LogP contribution is 2.28. The molecular weight excluding hydrogens is 454 g/mol. The van der Waals surface area contributed by atoms with Gasteiger partial charge in [-0.15, -0.1) is 10.2 Å². The monoisotopic (exact) mass is 473 g/mol. The van der Waals surface area contributed by atoms with Gasteiger partial charge >= 0.3 is 6.03 Å². The lowest BCUT2D eigenvalue weighted by atomic mass is 10.1. The number of nitrogens with one attached hydrogen (secondary N) is 2. The quantitative estimate of drug-likeness (QED) is 0.569. The molecule has 9 heteroatoms. The molecule has 2 aromatic carbocycles. The summed E-state index contributed by atoms with van der Waals surface area (Å²) in [5, 5.41) is 14.8. The Hall–Kier alpha value is -2.78. The van der Waals surface area contributed by atoms with E-state index in [1.165, 1.54) is 16.2 Å². The van der Waals surface area contributed by atoms with E-state index in [1.807, 2.05) is 54.6 Å². The lowest BCUT2D eigenvalue weighted by molar-refractivity contribution is -0.117. The Morgan fingerprint density at radius 1 is 1.10 bits per heavy atom. The van der Waals surface area contributed by atoms with Crippen LogP contribution < -0.4 is 10.6 Å². The average molecular weight is 474 g/mol. The highest BCUT2D eigenvalue weighted by molar-refractivity contribution is 9.10. The Kier molecular flexibility index (Phi) is 6.95. The smallest absolute Gasteiger partial charge is 0.317 e. The van der Waals surface area contributed by atoms with Crippen molar-refractivity contribution in [3.05, 3.63) is 64.6 Å². The molecule has 2 N–H and O–H groups in total. The number of carbonyl (C=O) groups is 2. The van der Waals surface area contributed by atoms with E-state index in [9.17, 15) is 9.59 Å². The highest BCUT2D eigenvalue weighted by atomic mass is 79.9. The number of halogens is 1. The molecule has 1 aromatic heterocycles. The van der Waals surface area contributed by atoms with Gasteiger partial charge in [0.25, 0.3) is 0 Å². The number of benzene rings is 2. The molecule has 1 heterocycles. The Morgan fingerprint density at radius 3 is 2.55 bits per heavy atom. The van der Waals surface area contributed by atoms with Gasteiger partial charge in [-0.1, -0.05) is 69.7 Å². The molecule has 7 nitrogen and oxygen atoms in total. The maximum atomic E-state index is 12.9. The van der Waals surface area contributed by atoms with Crippen LogP contribution in [0.5, 0.6) is 0 Å². The second kappa shape index (κ2) is 9.62. The third-order valence-corrected chi connectivity index (χ3v) is 5.41. The second-order valence-electron chi connectivity index (χ2n) is 6.50. The van der Waals surface area contributed by atoms with Gasteiger partial charge in [0.1, 0.15) is 11.0 Å². The van der Waals surface area contributed by atoms with Crippen molar-refractivity contribution in [3.8, 4) is 10.6 Å². The van der Waals surface area contributed by atoms with E-state index in [0.29, 0.717) is 16.6 Å². The van der Waals surface area contributed by atoms with Crippen LogP contribution in [0.25, 0.3) is 10.6 Å². The van der Waals surface area contributed by atoms with Crippen molar-refractivity contribution in [2.24, 2.45) is 0 Å². The van der Waals surface area contributed by atoms with Gasteiger partial charge in [-0.05, 0) is 17.7 Å². The lowest BCUT2D eigenvalue weighted by Gasteiger charge is -2.20. The van der Waals surface area contributed by atoms with Crippen molar-refractivity contribution >= 4 is 44.3 Å². The molecule has 0 radical (unpaired) electrons. The van der Waals surface area contributed by atoms with E-state index in [0.717, 1.165) is 15.6 Å². The van der Waals surface area contributed by atoms with Crippen molar-refractivity contribution in [1.29, 1.82) is 0 Å². The zero-order valence-corrected chi connectivity index (χ0v) is 18.3. The fourth-order valence-electron chi connectivity index (χ4n) is 2.54. The van der Waals surface area contributed by atoms with Crippen molar-refractivity contribution in [2.45, 2.75) is 12.5 Å². The van der Waals surface area contributed by atoms with E-state index in [1.54, 1.807) is 14.1 Å². The van der Waals surface area contributed by atoms with E-state index in [4.69, 9.17) is 0 Å². The number of amides is 3. The fraction of sp³-hybridized carbons (Fsp3) is 0.200. The Morgan fingerprint density at radius 2 is 1.86 bits per heavy atom. The first-order chi connectivity index (χ1) is 13.9. The Labute approximate surface area is 181 Å². The summed E-state index contributed by atoms with van der Waals surface area (Å²) in [6.07, 6.45) is 0.365. The third-order valence-electron chi connectivity index (χ3n) is 4.03. The molecule has 0 fully saturated rings. The van der Waals surface area contributed by atoms with Crippen LogP contribution in [0.1, 0.15) is 5.56 Å². The van der Waals surface area contributed by atoms with Crippen molar-refractivity contribution in [2.75, 3.05) is 19.4 Å². The molecule has 3 aromatic rings. The predicted molar refractivity (Wildman–Crippen MR) is 118 cm³/mol. The Balaban J connectivity index is 1.74. The summed E-state index contributed by atoms with van der Waals surface area (Å²) in [7, 11) is 3.25. The van der Waals surface area contributed by atoms with Gasteiger partial charge in [-0.3, -0.25) is 10.1 Å². The SMILES string of the molecule is CN(C)C(=O)NC(Cc1ccccc1)C(=O)Nc1nnc(-c2cccc(Br)c2)s1. The number of nitrogens with zero attached hydrogens (tertiary/aromatic N) is 3. The minimum absolute atomic E-state index is 0.340. The van der Waals surface area contributed by atoms with E-state index in [2.05, 4.69) is 36.8 Å². The average Bonchev–Trinajstić information content (AvgIpc) is 3.16. The third kappa shape index (κ3) is 5.85. The van der Waals surface area contributed by atoms with Gasteiger partial charge in [0.05, 0.1) is 0 Å². The minimum Gasteiger partial charge on any atom is -0.331 e. The molecule has 3 amide bonds. The summed E-state index contributed by atoms with van der Waals surface area (Å²) in [6.45, 7) is 0. The van der Waals surface area contributed by atoms with Crippen LogP contribution in [0, 0.1) is 0 Å². The highest BCUT2D eigenvalue weighted by Gasteiger charge is 2.23. The molecule has 0 spiro atoms. The summed E-state index contributed by atoms with van der Waals surface area (Å²) in [5.41, 5.74) is 1.85. The van der Waals surface area contributed by atoms with Crippen molar-refractivity contribution in [1.82, 2.24) is 20.4 Å². The number of anilines is 1. The predicted octanol–water partition coefficient (Wildman–Crippen LogP) is 3.79. The minimum atomic E-state index is -0.745. The standard InChI is InChI=1S/C20H20BrN5O2S/c1-26(2)20(28)22-16(11-13-7-4-3-5-8-13)17(27)23-19-25-24-18(29-19)14-9-6-10-15(21)12-14/h3-10,12,16H,11H2,1-2H3,(H,22,28)(H,23,25,27). The van der Waals surface area contributed by atoms with E-state index in [-0.39, 0.29) is 11.9 Å². The van der Waals surface area contributed by atoms with Gasteiger partial charge in [0.15, 0.2) is 0 Å². The lowest BCUT2D eigenvalue weighted by Crippen LogP contribution is -2.48. The van der Waals surface area contributed by atoms with Crippen LogP contribution in [-0.2, 0) is 11.2 Å². The molecule has 0 bridgehead atoms.